The number of carboxylic acids is 2. The van der Waals surface area contributed by atoms with Crippen LogP contribution in [0.1, 0.15) is 12.0 Å². The summed E-state index contributed by atoms with van der Waals surface area (Å²) in [7, 11) is 0. The van der Waals surface area contributed by atoms with Crippen molar-refractivity contribution in [3.05, 3.63) is 35.9 Å². The number of aliphatic hydroxyl groups is 1. The molecule has 0 aliphatic heterocycles. The largest absolute Gasteiger partial charge is 0.481 e. The van der Waals surface area contributed by atoms with Gasteiger partial charge in [0, 0.05) is 12.2 Å². The summed E-state index contributed by atoms with van der Waals surface area (Å²) < 4.78 is 0. The van der Waals surface area contributed by atoms with Crippen LogP contribution in [-0.2, 0) is 30.4 Å². The molecule has 0 spiro atoms. The molecule has 0 saturated heterocycles. The third-order valence-electron chi connectivity index (χ3n) is 4.26. The predicted molar refractivity (Wildman–Crippen MR) is 115 cm³/mol. The highest BCUT2D eigenvalue weighted by atomic mass is 32.1. The van der Waals surface area contributed by atoms with Crippen LogP contribution in [0.15, 0.2) is 30.3 Å². The van der Waals surface area contributed by atoms with Crippen molar-refractivity contribution in [3.8, 4) is 0 Å². The Morgan fingerprint density at radius 2 is 1.41 bits per heavy atom. The SMILES string of the molecule is NC(CC(=O)O)C(=O)NC(CO)C(=O)NC(CS)C(=O)NC(Cc1ccccc1)C(=O)O. The summed E-state index contributed by atoms with van der Waals surface area (Å²) in [4.78, 5) is 58.9. The van der Waals surface area contributed by atoms with Crippen molar-refractivity contribution in [1.82, 2.24) is 16.0 Å². The van der Waals surface area contributed by atoms with Gasteiger partial charge >= 0.3 is 11.9 Å². The Kier molecular flexibility index (Phi) is 11.2. The topological polar surface area (TPSA) is 208 Å². The third-order valence-corrected chi connectivity index (χ3v) is 4.62. The normalized spacial score (nSPS) is 14.3. The number of carbonyl (C=O) groups excluding carboxylic acids is 3. The number of thiol groups is 1. The van der Waals surface area contributed by atoms with Gasteiger partial charge in [-0.2, -0.15) is 12.6 Å². The molecule has 1 aromatic carbocycles. The Bertz CT molecular complexity index is 823. The highest BCUT2D eigenvalue weighted by molar-refractivity contribution is 7.80. The van der Waals surface area contributed by atoms with Crippen LogP contribution in [0.3, 0.4) is 0 Å². The summed E-state index contributed by atoms with van der Waals surface area (Å²) in [5.41, 5.74) is 6.08. The molecule has 0 aliphatic carbocycles. The molecule has 1 rings (SSSR count). The standard InChI is InChI=1S/C19H26N4O8S/c20-11(7-15(25)26)16(27)22-13(8-24)17(28)23-14(9-32)18(29)21-12(19(30)31)6-10-4-2-1-3-5-10/h1-5,11-14,24,32H,6-9,20H2,(H,21,29)(H,22,27)(H,23,28)(H,25,26)(H,30,31). The van der Waals surface area contributed by atoms with Gasteiger partial charge in [-0.3, -0.25) is 19.2 Å². The molecule has 0 aliphatic rings. The molecule has 0 saturated carbocycles. The zero-order chi connectivity index (χ0) is 24.3. The van der Waals surface area contributed by atoms with Gasteiger partial charge in [-0.15, -0.1) is 0 Å². The molecule has 32 heavy (non-hydrogen) atoms. The molecule has 12 nitrogen and oxygen atoms in total. The summed E-state index contributed by atoms with van der Waals surface area (Å²) >= 11 is 3.98. The maximum Gasteiger partial charge on any atom is 0.326 e. The van der Waals surface area contributed by atoms with E-state index in [4.69, 9.17) is 10.8 Å². The summed E-state index contributed by atoms with van der Waals surface area (Å²) in [6.07, 6.45) is -0.683. The summed E-state index contributed by atoms with van der Waals surface area (Å²) in [6, 6.07) is 3.08. The van der Waals surface area contributed by atoms with Crippen LogP contribution < -0.4 is 21.7 Å². The minimum absolute atomic E-state index is 0.00589. The molecular weight excluding hydrogens is 444 g/mol. The van der Waals surface area contributed by atoms with E-state index in [0.29, 0.717) is 5.56 Å². The van der Waals surface area contributed by atoms with Crippen LogP contribution >= 0.6 is 12.6 Å². The fraction of sp³-hybridized carbons (Fsp3) is 0.421. The molecule has 1 aromatic rings. The van der Waals surface area contributed by atoms with Crippen molar-refractivity contribution in [2.45, 2.75) is 37.0 Å². The second kappa shape index (κ2) is 13.3. The molecule has 8 N–H and O–H groups in total. The van der Waals surface area contributed by atoms with E-state index in [1.807, 2.05) is 0 Å². The van der Waals surface area contributed by atoms with Gasteiger partial charge in [0.25, 0.3) is 0 Å². The van der Waals surface area contributed by atoms with Crippen molar-refractivity contribution in [2.75, 3.05) is 12.4 Å². The zero-order valence-corrected chi connectivity index (χ0v) is 17.8. The van der Waals surface area contributed by atoms with Crippen molar-refractivity contribution >= 4 is 42.3 Å². The van der Waals surface area contributed by atoms with Gasteiger partial charge in [-0.05, 0) is 5.56 Å². The highest BCUT2D eigenvalue weighted by Gasteiger charge is 2.29. The lowest BCUT2D eigenvalue weighted by molar-refractivity contribution is -0.142. The number of amides is 3. The first-order valence-corrected chi connectivity index (χ1v) is 10.1. The zero-order valence-electron chi connectivity index (χ0n) is 16.9. The molecule has 0 aromatic heterocycles. The Balaban J connectivity index is 2.76. The second-order valence-corrected chi connectivity index (χ2v) is 7.15. The summed E-state index contributed by atoms with van der Waals surface area (Å²) in [6.45, 7) is -0.857. The first-order valence-electron chi connectivity index (χ1n) is 9.46. The molecule has 4 atom stereocenters. The molecule has 3 amide bonds. The van der Waals surface area contributed by atoms with Gasteiger partial charge in [-0.1, -0.05) is 30.3 Å². The van der Waals surface area contributed by atoms with Crippen molar-refractivity contribution in [3.63, 3.8) is 0 Å². The summed E-state index contributed by atoms with van der Waals surface area (Å²) in [5.74, 6) is -5.59. The van der Waals surface area contributed by atoms with E-state index in [0.717, 1.165) is 0 Å². The number of benzene rings is 1. The Hall–Kier alpha value is -3.16. The molecule has 4 unspecified atom stereocenters. The van der Waals surface area contributed by atoms with E-state index in [2.05, 4.69) is 28.6 Å². The van der Waals surface area contributed by atoms with Gasteiger partial charge in [0.1, 0.15) is 18.1 Å². The van der Waals surface area contributed by atoms with Crippen molar-refractivity contribution in [1.29, 1.82) is 0 Å². The van der Waals surface area contributed by atoms with E-state index in [1.54, 1.807) is 30.3 Å². The van der Waals surface area contributed by atoms with Gasteiger partial charge < -0.3 is 37.0 Å². The van der Waals surface area contributed by atoms with Gasteiger partial charge in [0.2, 0.25) is 17.7 Å². The molecule has 0 heterocycles. The number of nitrogens with one attached hydrogen (secondary N) is 3. The van der Waals surface area contributed by atoms with Crippen molar-refractivity contribution in [2.24, 2.45) is 5.73 Å². The first kappa shape index (κ1) is 26.9. The molecule has 176 valence electrons. The summed E-state index contributed by atoms with van der Waals surface area (Å²) in [5, 5.41) is 34.1. The second-order valence-electron chi connectivity index (χ2n) is 6.78. The van der Waals surface area contributed by atoms with Crippen LogP contribution in [0.2, 0.25) is 0 Å². The lowest BCUT2D eigenvalue weighted by Crippen LogP contribution is -2.58. The lowest BCUT2D eigenvalue weighted by Gasteiger charge is -2.23. The minimum atomic E-state index is -1.52. The van der Waals surface area contributed by atoms with Gasteiger partial charge in [0.05, 0.1) is 19.1 Å². The van der Waals surface area contributed by atoms with Crippen LogP contribution in [0.4, 0.5) is 0 Å². The number of hydrogen-bond donors (Lipinski definition) is 8. The number of carboxylic acid groups (broad SMARTS) is 2. The average molecular weight is 471 g/mol. The molecule has 13 heteroatoms. The lowest BCUT2D eigenvalue weighted by atomic mass is 10.1. The molecule has 0 bridgehead atoms. The van der Waals surface area contributed by atoms with Crippen LogP contribution in [-0.4, -0.2) is 81.5 Å². The average Bonchev–Trinajstić information content (AvgIpc) is 2.74. The Morgan fingerprint density at radius 1 is 0.875 bits per heavy atom. The number of rotatable bonds is 13. The minimum Gasteiger partial charge on any atom is -0.481 e. The number of aliphatic carboxylic acids is 2. The number of hydrogen-bond acceptors (Lipinski definition) is 8. The number of carbonyl (C=O) groups is 5. The van der Waals surface area contributed by atoms with E-state index < -0.39 is 66.9 Å². The Labute approximate surface area is 189 Å². The fourth-order valence-electron chi connectivity index (χ4n) is 2.54. The fourth-order valence-corrected chi connectivity index (χ4v) is 2.80. The molecule has 0 radical (unpaired) electrons. The third kappa shape index (κ3) is 8.91. The maximum atomic E-state index is 12.5. The molecule has 0 fully saturated rings. The van der Waals surface area contributed by atoms with E-state index >= 15 is 0 Å². The maximum absolute atomic E-state index is 12.5. The van der Waals surface area contributed by atoms with Crippen LogP contribution in [0, 0.1) is 0 Å². The highest BCUT2D eigenvalue weighted by Crippen LogP contribution is 2.04. The number of nitrogens with two attached hydrogens (primary N) is 1. The van der Waals surface area contributed by atoms with E-state index in [1.165, 1.54) is 0 Å². The van der Waals surface area contributed by atoms with Crippen molar-refractivity contribution < 1.29 is 39.3 Å². The first-order chi connectivity index (χ1) is 15.1. The van der Waals surface area contributed by atoms with Gasteiger partial charge in [0.15, 0.2) is 0 Å². The smallest absolute Gasteiger partial charge is 0.326 e. The van der Waals surface area contributed by atoms with Crippen LogP contribution in [0.25, 0.3) is 0 Å². The predicted octanol–water partition coefficient (Wildman–Crippen LogP) is -2.51. The van der Waals surface area contributed by atoms with E-state index in [-0.39, 0.29) is 12.2 Å². The van der Waals surface area contributed by atoms with E-state index in [9.17, 15) is 34.2 Å². The Morgan fingerprint density at radius 3 is 1.91 bits per heavy atom. The van der Waals surface area contributed by atoms with Gasteiger partial charge in [-0.25, -0.2) is 4.79 Å². The monoisotopic (exact) mass is 470 g/mol. The molecular formula is C19H26N4O8S. The quantitative estimate of drug-likeness (QED) is 0.143. The van der Waals surface area contributed by atoms with Crippen LogP contribution in [0.5, 0.6) is 0 Å². The number of aliphatic hydroxyl groups excluding tert-OH is 1.